The van der Waals surface area contributed by atoms with E-state index in [0.29, 0.717) is 18.8 Å². The molecule has 0 bridgehead atoms. The molecule has 1 atom stereocenters. The van der Waals surface area contributed by atoms with Crippen molar-refractivity contribution in [3.63, 3.8) is 0 Å². The molecule has 0 saturated carbocycles. The number of amides is 1. The Labute approximate surface area is 120 Å². The highest BCUT2D eigenvalue weighted by molar-refractivity contribution is 5.83. The predicted molar refractivity (Wildman–Crippen MR) is 74.7 cm³/mol. The van der Waals surface area contributed by atoms with Gasteiger partial charge in [0.2, 0.25) is 5.91 Å². The molecule has 2 aromatic heterocycles. The lowest BCUT2D eigenvalue weighted by atomic mass is 9.95. The van der Waals surface area contributed by atoms with Crippen LogP contribution in [-0.2, 0) is 17.8 Å². The van der Waals surface area contributed by atoms with Gasteiger partial charge in [0.15, 0.2) is 0 Å². The van der Waals surface area contributed by atoms with Gasteiger partial charge in [-0.2, -0.15) is 10.2 Å². The second kappa shape index (κ2) is 5.94. The number of carbonyl (C=O) groups is 1. The van der Waals surface area contributed by atoms with Gasteiger partial charge in [-0.25, -0.2) is 9.89 Å². The summed E-state index contributed by atoms with van der Waals surface area (Å²) in [5.41, 5.74) is 0.694. The summed E-state index contributed by atoms with van der Waals surface area (Å²) in [5, 5.41) is 13.3. The van der Waals surface area contributed by atoms with E-state index in [1.165, 1.54) is 0 Å². The van der Waals surface area contributed by atoms with Crippen LogP contribution in [0.1, 0.15) is 36.7 Å². The average Bonchev–Trinajstić information content (AvgIpc) is 3.11. The van der Waals surface area contributed by atoms with Crippen molar-refractivity contribution in [2.75, 3.05) is 6.54 Å². The van der Waals surface area contributed by atoms with E-state index in [4.69, 9.17) is 0 Å². The molecular formula is C13H18N6O2. The van der Waals surface area contributed by atoms with E-state index in [1.54, 1.807) is 6.20 Å². The Balaban J connectivity index is 1.48. The van der Waals surface area contributed by atoms with Gasteiger partial charge in [0.25, 0.3) is 0 Å². The fourth-order valence-electron chi connectivity index (χ4n) is 2.70. The largest absolute Gasteiger partial charge is 0.356 e. The van der Waals surface area contributed by atoms with Crippen molar-refractivity contribution < 1.29 is 4.79 Å². The Bertz CT molecular complexity index is 670. The molecule has 0 aliphatic carbocycles. The minimum atomic E-state index is -0.301. The number of rotatable bonds is 5. The molecule has 112 valence electrons. The van der Waals surface area contributed by atoms with E-state index < -0.39 is 0 Å². The maximum atomic E-state index is 12.2. The molecule has 0 saturated heterocycles. The standard InChI is InChI=1S/C13H18N6O2/c20-12(9-3-2-8-19-10(9)5-7-15-19)14-6-1-4-11-16-13(21)18-17-11/h5,7,9H,1-4,6,8H2,(H,14,20)(H2,16,17,18,21). The van der Waals surface area contributed by atoms with E-state index in [9.17, 15) is 9.59 Å². The summed E-state index contributed by atoms with van der Waals surface area (Å²) in [4.78, 5) is 25.7. The van der Waals surface area contributed by atoms with Gasteiger partial charge in [0.05, 0.1) is 11.6 Å². The number of aromatic amines is 2. The number of aromatic nitrogens is 5. The normalized spacial score (nSPS) is 17.4. The molecule has 0 aromatic carbocycles. The van der Waals surface area contributed by atoms with Crippen molar-refractivity contribution >= 4 is 5.91 Å². The third kappa shape index (κ3) is 3.04. The van der Waals surface area contributed by atoms with Gasteiger partial charge in [0, 0.05) is 25.7 Å². The van der Waals surface area contributed by atoms with Crippen LogP contribution in [0.15, 0.2) is 17.1 Å². The fraction of sp³-hybridized carbons (Fsp3) is 0.538. The highest BCUT2D eigenvalue weighted by Gasteiger charge is 2.26. The molecule has 1 aliphatic rings. The molecular weight excluding hydrogens is 272 g/mol. The Morgan fingerprint density at radius 1 is 1.52 bits per heavy atom. The van der Waals surface area contributed by atoms with Crippen molar-refractivity contribution in [3.8, 4) is 0 Å². The Morgan fingerprint density at radius 3 is 3.24 bits per heavy atom. The zero-order chi connectivity index (χ0) is 14.7. The smallest absolute Gasteiger partial charge is 0.340 e. The maximum Gasteiger partial charge on any atom is 0.340 e. The number of hydrogen-bond donors (Lipinski definition) is 3. The molecule has 0 spiro atoms. The molecule has 1 aliphatic heterocycles. The zero-order valence-corrected chi connectivity index (χ0v) is 11.6. The van der Waals surface area contributed by atoms with Gasteiger partial charge < -0.3 is 5.32 Å². The number of nitrogens with zero attached hydrogens (tertiary/aromatic N) is 3. The molecule has 8 nitrogen and oxygen atoms in total. The average molecular weight is 290 g/mol. The van der Waals surface area contributed by atoms with Crippen molar-refractivity contribution in [1.29, 1.82) is 0 Å². The number of carbonyl (C=O) groups excluding carboxylic acids is 1. The molecule has 21 heavy (non-hydrogen) atoms. The third-order valence-electron chi connectivity index (χ3n) is 3.73. The van der Waals surface area contributed by atoms with Gasteiger partial charge in [-0.05, 0) is 25.3 Å². The number of nitrogens with one attached hydrogen (secondary N) is 3. The van der Waals surface area contributed by atoms with Gasteiger partial charge in [-0.3, -0.25) is 14.5 Å². The molecule has 0 radical (unpaired) electrons. The van der Waals surface area contributed by atoms with Crippen LogP contribution in [0.2, 0.25) is 0 Å². The van der Waals surface area contributed by atoms with Crippen molar-refractivity contribution in [1.82, 2.24) is 30.3 Å². The molecule has 1 amide bonds. The molecule has 1 unspecified atom stereocenters. The summed E-state index contributed by atoms with van der Waals surface area (Å²) in [5.74, 6) is 0.559. The van der Waals surface area contributed by atoms with Crippen LogP contribution in [0.25, 0.3) is 0 Å². The minimum Gasteiger partial charge on any atom is -0.356 e. The predicted octanol–water partition coefficient (Wildman–Crippen LogP) is -0.0791. The number of aryl methyl sites for hydroxylation is 2. The van der Waals surface area contributed by atoms with E-state index in [1.807, 2.05) is 10.7 Å². The van der Waals surface area contributed by atoms with Crippen LogP contribution in [-0.4, -0.2) is 37.4 Å². The molecule has 8 heteroatoms. The molecule has 0 fully saturated rings. The first-order valence-corrected chi connectivity index (χ1v) is 7.17. The topological polar surface area (TPSA) is 108 Å². The van der Waals surface area contributed by atoms with Gasteiger partial charge in [0.1, 0.15) is 5.82 Å². The summed E-state index contributed by atoms with van der Waals surface area (Å²) in [6, 6.07) is 1.91. The first-order chi connectivity index (χ1) is 10.2. The third-order valence-corrected chi connectivity index (χ3v) is 3.73. The highest BCUT2D eigenvalue weighted by Crippen LogP contribution is 2.26. The van der Waals surface area contributed by atoms with Crippen LogP contribution in [0.5, 0.6) is 0 Å². The summed E-state index contributed by atoms with van der Waals surface area (Å²) < 4.78 is 1.90. The van der Waals surface area contributed by atoms with Crippen LogP contribution in [0, 0.1) is 0 Å². The van der Waals surface area contributed by atoms with Crippen molar-refractivity contribution in [2.24, 2.45) is 0 Å². The number of hydrogen-bond acceptors (Lipinski definition) is 4. The second-order valence-corrected chi connectivity index (χ2v) is 5.19. The van der Waals surface area contributed by atoms with E-state index in [-0.39, 0.29) is 17.5 Å². The van der Waals surface area contributed by atoms with E-state index in [2.05, 4.69) is 25.6 Å². The lowest BCUT2D eigenvalue weighted by Crippen LogP contribution is -2.33. The van der Waals surface area contributed by atoms with Crippen LogP contribution >= 0.6 is 0 Å². The first kappa shape index (κ1) is 13.6. The SMILES string of the molecule is O=C(NCCCc1n[nH]c(=O)[nH]1)C1CCCn2nccc21. The van der Waals surface area contributed by atoms with Crippen LogP contribution in [0.4, 0.5) is 0 Å². The second-order valence-electron chi connectivity index (χ2n) is 5.19. The lowest BCUT2D eigenvalue weighted by Gasteiger charge is -2.22. The molecule has 3 rings (SSSR count). The van der Waals surface area contributed by atoms with E-state index in [0.717, 1.165) is 31.5 Å². The van der Waals surface area contributed by atoms with Gasteiger partial charge in [-0.15, -0.1) is 0 Å². The Kier molecular flexibility index (Phi) is 3.85. The molecule has 2 aromatic rings. The monoisotopic (exact) mass is 290 g/mol. The summed E-state index contributed by atoms with van der Waals surface area (Å²) in [6.45, 7) is 1.46. The minimum absolute atomic E-state index is 0.0481. The van der Waals surface area contributed by atoms with Crippen molar-refractivity contribution in [3.05, 3.63) is 34.3 Å². The van der Waals surface area contributed by atoms with Gasteiger partial charge >= 0.3 is 5.69 Å². The zero-order valence-electron chi connectivity index (χ0n) is 11.6. The van der Waals surface area contributed by atoms with Crippen LogP contribution < -0.4 is 11.0 Å². The van der Waals surface area contributed by atoms with Crippen molar-refractivity contribution in [2.45, 2.75) is 38.1 Å². The number of H-pyrrole nitrogens is 2. The highest BCUT2D eigenvalue weighted by atomic mass is 16.2. The number of fused-ring (bicyclic) bond motifs is 1. The molecule has 3 N–H and O–H groups in total. The summed E-state index contributed by atoms with van der Waals surface area (Å²) in [7, 11) is 0. The Morgan fingerprint density at radius 2 is 2.43 bits per heavy atom. The molecule has 3 heterocycles. The first-order valence-electron chi connectivity index (χ1n) is 7.17. The Hall–Kier alpha value is -2.38. The quantitative estimate of drug-likeness (QED) is 0.669. The lowest BCUT2D eigenvalue weighted by molar-refractivity contribution is -0.123. The maximum absolute atomic E-state index is 12.2. The van der Waals surface area contributed by atoms with E-state index >= 15 is 0 Å². The summed E-state index contributed by atoms with van der Waals surface area (Å²) >= 11 is 0. The summed E-state index contributed by atoms with van der Waals surface area (Å²) in [6.07, 6.45) is 4.94. The van der Waals surface area contributed by atoms with Crippen LogP contribution in [0.3, 0.4) is 0 Å². The van der Waals surface area contributed by atoms with Gasteiger partial charge in [-0.1, -0.05) is 0 Å². The fourth-order valence-corrected chi connectivity index (χ4v) is 2.70.